The van der Waals surface area contributed by atoms with Gasteiger partial charge in [0.1, 0.15) is 0 Å². The van der Waals surface area contributed by atoms with Crippen LogP contribution in [0, 0.1) is 5.92 Å². The van der Waals surface area contributed by atoms with Crippen molar-refractivity contribution in [1.29, 1.82) is 0 Å². The molecule has 1 aliphatic rings. The fraction of sp³-hybridized carbons (Fsp3) is 0.900. The molecule has 0 bridgehead atoms. The second kappa shape index (κ2) is 4.09. The first kappa shape index (κ1) is 10.5. The number of ether oxygens (including phenoxy) is 1. The molecule has 13 heavy (non-hydrogen) atoms. The third-order valence-electron chi connectivity index (χ3n) is 2.89. The van der Waals surface area contributed by atoms with Gasteiger partial charge in [-0.2, -0.15) is 0 Å². The topological polar surface area (TPSA) is 46.5 Å². The summed E-state index contributed by atoms with van der Waals surface area (Å²) < 4.78 is 4.87. The predicted molar refractivity (Wildman–Crippen MR) is 49.2 cm³/mol. The zero-order valence-electron chi connectivity index (χ0n) is 8.38. The molecule has 1 aliphatic carbocycles. The Bertz CT molecular complexity index is 191. The summed E-state index contributed by atoms with van der Waals surface area (Å²) in [5.41, 5.74) is -1.21. The highest BCUT2D eigenvalue weighted by Crippen LogP contribution is 2.34. The van der Waals surface area contributed by atoms with Crippen molar-refractivity contribution in [3.05, 3.63) is 0 Å². The maximum atomic E-state index is 11.5. The lowest BCUT2D eigenvalue weighted by Crippen LogP contribution is -2.47. The highest BCUT2D eigenvalue weighted by molar-refractivity contribution is 5.79. The van der Waals surface area contributed by atoms with Crippen LogP contribution in [0.3, 0.4) is 0 Å². The second-order valence-corrected chi connectivity index (χ2v) is 3.79. The Hall–Kier alpha value is -0.570. The highest BCUT2D eigenvalue weighted by atomic mass is 16.5. The molecule has 3 heteroatoms. The first-order chi connectivity index (χ1) is 6.11. The molecule has 3 nitrogen and oxygen atoms in total. The van der Waals surface area contributed by atoms with E-state index in [1.165, 1.54) is 0 Å². The Labute approximate surface area is 79.1 Å². The number of aliphatic hydroxyl groups is 1. The predicted octanol–water partition coefficient (Wildman–Crippen LogP) is 1.49. The van der Waals surface area contributed by atoms with Crippen molar-refractivity contribution in [2.24, 2.45) is 5.92 Å². The van der Waals surface area contributed by atoms with E-state index in [0.29, 0.717) is 13.0 Å². The maximum absolute atomic E-state index is 11.5. The maximum Gasteiger partial charge on any atom is 0.338 e. The van der Waals surface area contributed by atoms with Gasteiger partial charge in [0.25, 0.3) is 0 Å². The van der Waals surface area contributed by atoms with E-state index in [9.17, 15) is 9.90 Å². The van der Waals surface area contributed by atoms with Crippen LogP contribution in [0.15, 0.2) is 0 Å². The summed E-state index contributed by atoms with van der Waals surface area (Å²) >= 11 is 0. The van der Waals surface area contributed by atoms with Crippen molar-refractivity contribution < 1.29 is 14.6 Å². The van der Waals surface area contributed by atoms with E-state index in [1.54, 1.807) is 6.92 Å². The standard InChI is InChI=1S/C10H18O3/c1-3-13-9(11)10(12)7-5-4-6-8(10)2/h8,12H,3-7H2,1-2H3. The lowest BCUT2D eigenvalue weighted by molar-refractivity contribution is -0.174. The lowest BCUT2D eigenvalue weighted by Gasteiger charge is -2.35. The van der Waals surface area contributed by atoms with Crippen LogP contribution in [0.25, 0.3) is 0 Å². The molecule has 0 amide bonds. The summed E-state index contributed by atoms with van der Waals surface area (Å²) in [6.45, 7) is 4.01. The molecule has 0 aromatic rings. The van der Waals surface area contributed by atoms with Crippen molar-refractivity contribution in [3.63, 3.8) is 0 Å². The summed E-state index contributed by atoms with van der Waals surface area (Å²) in [5, 5.41) is 10.1. The molecular formula is C10H18O3. The summed E-state index contributed by atoms with van der Waals surface area (Å²) in [7, 11) is 0. The van der Waals surface area contributed by atoms with Crippen LogP contribution in [-0.2, 0) is 9.53 Å². The quantitative estimate of drug-likeness (QED) is 0.665. The average molecular weight is 186 g/mol. The van der Waals surface area contributed by atoms with Gasteiger partial charge in [0.05, 0.1) is 6.61 Å². The average Bonchev–Trinajstić information content (AvgIpc) is 2.11. The summed E-state index contributed by atoms with van der Waals surface area (Å²) in [4.78, 5) is 11.5. The summed E-state index contributed by atoms with van der Waals surface area (Å²) in [6, 6.07) is 0. The molecule has 0 aromatic heterocycles. The van der Waals surface area contributed by atoms with Gasteiger partial charge in [0, 0.05) is 0 Å². The Morgan fingerprint density at radius 1 is 1.62 bits per heavy atom. The van der Waals surface area contributed by atoms with Gasteiger partial charge in [-0.15, -0.1) is 0 Å². The van der Waals surface area contributed by atoms with Gasteiger partial charge in [-0.1, -0.05) is 13.3 Å². The van der Waals surface area contributed by atoms with Gasteiger partial charge in [0.2, 0.25) is 0 Å². The molecule has 1 N–H and O–H groups in total. The van der Waals surface area contributed by atoms with Crippen LogP contribution in [-0.4, -0.2) is 23.3 Å². The molecule has 76 valence electrons. The minimum absolute atomic E-state index is 0.0281. The van der Waals surface area contributed by atoms with E-state index in [0.717, 1.165) is 19.3 Å². The number of carbonyl (C=O) groups excluding carboxylic acids is 1. The summed E-state index contributed by atoms with van der Waals surface area (Å²) in [5.74, 6) is -0.414. The van der Waals surface area contributed by atoms with E-state index in [4.69, 9.17) is 4.74 Å². The van der Waals surface area contributed by atoms with E-state index in [2.05, 4.69) is 0 Å². The van der Waals surface area contributed by atoms with Gasteiger partial charge < -0.3 is 9.84 Å². The molecule has 0 aromatic carbocycles. The largest absolute Gasteiger partial charge is 0.464 e. The fourth-order valence-electron chi connectivity index (χ4n) is 1.89. The van der Waals surface area contributed by atoms with E-state index >= 15 is 0 Å². The van der Waals surface area contributed by atoms with Crippen LogP contribution < -0.4 is 0 Å². The molecule has 1 rings (SSSR count). The molecule has 0 aliphatic heterocycles. The van der Waals surface area contributed by atoms with Crippen LogP contribution in [0.2, 0.25) is 0 Å². The third-order valence-corrected chi connectivity index (χ3v) is 2.89. The van der Waals surface area contributed by atoms with Crippen LogP contribution in [0.4, 0.5) is 0 Å². The Morgan fingerprint density at radius 2 is 2.31 bits per heavy atom. The van der Waals surface area contributed by atoms with E-state index in [1.807, 2.05) is 6.92 Å². The highest BCUT2D eigenvalue weighted by Gasteiger charge is 2.44. The van der Waals surface area contributed by atoms with Crippen LogP contribution >= 0.6 is 0 Å². The third kappa shape index (κ3) is 2.02. The smallest absolute Gasteiger partial charge is 0.338 e. The molecule has 2 unspecified atom stereocenters. The SMILES string of the molecule is CCOC(=O)C1(O)CCCCC1C. The fourth-order valence-corrected chi connectivity index (χ4v) is 1.89. The second-order valence-electron chi connectivity index (χ2n) is 3.79. The van der Waals surface area contributed by atoms with Crippen molar-refractivity contribution in [2.45, 2.75) is 45.1 Å². The Kier molecular flexibility index (Phi) is 3.31. The number of carbonyl (C=O) groups is 1. The lowest BCUT2D eigenvalue weighted by atomic mass is 9.76. The Morgan fingerprint density at radius 3 is 2.85 bits per heavy atom. The van der Waals surface area contributed by atoms with Crippen LogP contribution in [0.5, 0.6) is 0 Å². The first-order valence-corrected chi connectivity index (χ1v) is 5.01. The van der Waals surface area contributed by atoms with E-state index < -0.39 is 11.6 Å². The van der Waals surface area contributed by atoms with Crippen molar-refractivity contribution >= 4 is 5.97 Å². The number of esters is 1. The van der Waals surface area contributed by atoms with Crippen LogP contribution in [0.1, 0.15) is 39.5 Å². The molecule has 0 spiro atoms. The van der Waals surface area contributed by atoms with Gasteiger partial charge in [0.15, 0.2) is 5.60 Å². The minimum Gasteiger partial charge on any atom is -0.464 e. The molecule has 2 atom stereocenters. The Balaban J connectivity index is 2.65. The zero-order chi connectivity index (χ0) is 9.90. The van der Waals surface area contributed by atoms with Crippen molar-refractivity contribution in [2.75, 3.05) is 6.61 Å². The molecule has 0 saturated heterocycles. The summed E-state index contributed by atoms with van der Waals surface area (Å²) in [6.07, 6.45) is 3.48. The monoisotopic (exact) mass is 186 g/mol. The molecule has 0 heterocycles. The molecule has 1 fully saturated rings. The number of hydrogen-bond acceptors (Lipinski definition) is 3. The van der Waals surface area contributed by atoms with Crippen molar-refractivity contribution in [3.8, 4) is 0 Å². The van der Waals surface area contributed by atoms with Gasteiger partial charge in [-0.25, -0.2) is 4.79 Å². The van der Waals surface area contributed by atoms with Crippen molar-refractivity contribution in [1.82, 2.24) is 0 Å². The molecule has 1 saturated carbocycles. The number of hydrogen-bond donors (Lipinski definition) is 1. The number of rotatable bonds is 2. The normalized spacial score (nSPS) is 34.2. The van der Waals surface area contributed by atoms with E-state index in [-0.39, 0.29) is 5.92 Å². The molecule has 0 radical (unpaired) electrons. The minimum atomic E-state index is -1.21. The van der Waals surface area contributed by atoms with Gasteiger partial charge >= 0.3 is 5.97 Å². The van der Waals surface area contributed by atoms with Gasteiger partial charge in [-0.3, -0.25) is 0 Å². The van der Waals surface area contributed by atoms with Gasteiger partial charge in [-0.05, 0) is 32.1 Å². The first-order valence-electron chi connectivity index (χ1n) is 5.01. The zero-order valence-corrected chi connectivity index (χ0v) is 8.38. The molecular weight excluding hydrogens is 168 g/mol.